The molecule has 6 nitrogen and oxygen atoms in total. The topological polar surface area (TPSA) is 70.0 Å². The Morgan fingerprint density at radius 2 is 1.84 bits per heavy atom. The summed E-state index contributed by atoms with van der Waals surface area (Å²) in [6.45, 7) is 5.20. The number of nitrogens with zero attached hydrogens (tertiary/aromatic N) is 4. The number of aliphatic hydroxyl groups excluding tert-OH is 1. The average molecular weight is 510 g/mol. The van der Waals surface area contributed by atoms with Gasteiger partial charge in [-0.3, -0.25) is 4.68 Å². The van der Waals surface area contributed by atoms with Crippen molar-refractivity contribution < 1.29 is 9.50 Å². The van der Waals surface area contributed by atoms with Crippen LogP contribution in [0.2, 0.25) is 0 Å². The maximum absolute atomic E-state index is 13.6. The van der Waals surface area contributed by atoms with Crippen LogP contribution in [0.1, 0.15) is 36.8 Å². The van der Waals surface area contributed by atoms with E-state index in [9.17, 15) is 9.50 Å². The minimum atomic E-state index is -0.270. The largest absolute Gasteiger partial charge is 0.392 e. The normalized spacial score (nSPS) is 15.8. The van der Waals surface area contributed by atoms with Gasteiger partial charge < -0.3 is 15.0 Å². The van der Waals surface area contributed by atoms with Gasteiger partial charge in [-0.25, -0.2) is 9.37 Å². The third kappa shape index (κ3) is 5.26. The second-order valence-electron chi connectivity index (χ2n) is 10.4. The maximum atomic E-state index is 13.6. The molecule has 2 N–H and O–H groups in total. The summed E-state index contributed by atoms with van der Waals surface area (Å²) in [5.74, 6) is 0.325. The fourth-order valence-corrected chi connectivity index (χ4v) is 5.58. The van der Waals surface area contributed by atoms with E-state index in [2.05, 4.69) is 50.3 Å². The van der Waals surface area contributed by atoms with Crippen LogP contribution in [0.4, 0.5) is 4.39 Å². The molecule has 2 aromatic carbocycles. The van der Waals surface area contributed by atoms with Crippen molar-refractivity contribution in [3.63, 3.8) is 0 Å². The number of halogens is 1. The second kappa shape index (κ2) is 10.5. The van der Waals surface area contributed by atoms with E-state index in [1.165, 1.54) is 17.7 Å². The molecule has 1 saturated heterocycles. The maximum Gasteiger partial charge on any atom is 0.137 e. The van der Waals surface area contributed by atoms with Crippen molar-refractivity contribution in [3.05, 3.63) is 96.3 Å². The first-order chi connectivity index (χ1) is 18.5. The number of H-pyrrole nitrogens is 1. The van der Waals surface area contributed by atoms with Crippen molar-refractivity contribution in [1.82, 2.24) is 24.6 Å². The molecule has 3 aromatic heterocycles. The Labute approximate surface area is 221 Å². The smallest absolute Gasteiger partial charge is 0.137 e. The van der Waals surface area contributed by atoms with Crippen LogP contribution in [0.15, 0.2) is 79.4 Å². The number of aliphatic hydroxyl groups is 1. The van der Waals surface area contributed by atoms with Crippen LogP contribution in [0.3, 0.4) is 0 Å². The Bertz CT molecular complexity index is 1530. The van der Waals surface area contributed by atoms with Gasteiger partial charge in [0.1, 0.15) is 11.5 Å². The molecule has 7 heteroatoms. The number of piperidine rings is 1. The quantitative estimate of drug-likeness (QED) is 0.289. The molecule has 1 aliphatic rings. The number of nitrogens with one attached hydrogen (secondary N) is 1. The Kier molecular flexibility index (Phi) is 6.79. The lowest BCUT2D eigenvalue weighted by molar-refractivity contribution is 0.109. The van der Waals surface area contributed by atoms with Gasteiger partial charge in [0.25, 0.3) is 0 Å². The fourth-order valence-electron chi connectivity index (χ4n) is 5.58. The number of hydrogen-bond acceptors (Lipinski definition) is 4. The molecule has 0 bridgehead atoms. The van der Waals surface area contributed by atoms with E-state index in [0.29, 0.717) is 12.5 Å². The first kappa shape index (κ1) is 24.5. The van der Waals surface area contributed by atoms with Crippen LogP contribution in [0.25, 0.3) is 33.3 Å². The number of hydrogen-bond donors (Lipinski definition) is 2. The summed E-state index contributed by atoms with van der Waals surface area (Å²) in [4.78, 5) is 10.3. The summed E-state index contributed by atoms with van der Waals surface area (Å²) in [7, 11) is 0. The third-order valence-electron chi connectivity index (χ3n) is 7.53. The highest BCUT2D eigenvalue weighted by molar-refractivity contribution is 5.95. The van der Waals surface area contributed by atoms with Crippen molar-refractivity contribution in [2.75, 3.05) is 19.6 Å². The molecule has 0 amide bonds. The van der Waals surface area contributed by atoms with Gasteiger partial charge in [-0.05, 0) is 73.7 Å². The van der Waals surface area contributed by atoms with Crippen molar-refractivity contribution in [2.24, 2.45) is 0 Å². The second-order valence-corrected chi connectivity index (χ2v) is 10.4. The third-order valence-corrected chi connectivity index (χ3v) is 7.53. The summed E-state index contributed by atoms with van der Waals surface area (Å²) < 4.78 is 15.4. The number of likely N-dealkylation sites (tertiary alicyclic amines) is 1. The van der Waals surface area contributed by atoms with Gasteiger partial charge >= 0.3 is 0 Å². The van der Waals surface area contributed by atoms with Crippen molar-refractivity contribution in [3.8, 4) is 22.3 Å². The summed E-state index contributed by atoms with van der Waals surface area (Å²) in [5.41, 5.74) is 7.34. The first-order valence-electron chi connectivity index (χ1n) is 13.3. The zero-order valence-corrected chi connectivity index (χ0v) is 21.5. The van der Waals surface area contributed by atoms with E-state index >= 15 is 0 Å². The van der Waals surface area contributed by atoms with Gasteiger partial charge in [0.15, 0.2) is 0 Å². The molecule has 0 spiro atoms. The van der Waals surface area contributed by atoms with Crippen LogP contribution < -0.4 is 0 Å². The Balaban J connectivity index is 1.19. The molecule has 0 saturated carbocycles. The number of rotatable bonds is 7. The van der Waals surface area contributed by atoms with Gasteiger partial charge in [0.2, 0.25) is 0 Å². The molecule has 0 radical (unpaired) electrons. The van der Waals surface area contributed by atoms with Gasteiger partial charge in [0.05, 0.1) is 18.8 Å². The molecule has 1 aliphatic heterocycles. The molecule has 6 rings (SSSR count). The first-order valence-corrected chi connectivity index (χ1v) is 13.3. The van der Waals surface area contributed by atoms with E-state index in [1.54, 1.807) is 6.07 Å². The highest BCUT2D eigenvalue weighted by atomic mass is 19.1. The number of pyridine rings is 1. The van der Waals surface area contributed by atoms with Crippen LogP contribution in [0, 0.1) is 5.82 Å². The molecule has 38 heavy (non-hydrogen) atoms. The van der Waals surface area contributed by atoms with E-state index in [4.69, 9.17) is 0 Å². The van der Waals surface area contributed by atoms with Crippen molar-refractivity contribution in [1.29, 1.82) is 0 Å². The fraction of sp³-hybridized carbons (Fsp3) is 0.290. The zero-order chi connectivity index (χ0) is 26.1. The zero-order valence-electron chi connectivity index (χ0n) is 21.5. The Hall–Kier alpha value is -3.81. The molecule has 5 aromatic rings. The van der Waals surface area contributed by atoms with E-state index in [1.807, 2.05) is 42.5 Å². The van der Waals surface area contributed by atoms with Gasteiger partial charge in [-0.2, -0.15) is 5.10 Å². The van der Waals surface area contributed by atoms with Gasteiger partial charge in [-0.1, -0.05) is 36.4 Å². The van der Waals surface area contributed by atoms with Crippen molar-refractivity contribution in [2.45, 2.75) is 38.3 Å². The molecule has 1 atom stereocenters. The predicted octanol–water partition coefficient (Wildman–Crippen LogP) is 5.84. The average Bonchev–Trinajstić information content (AvgIpc) is 3.55. The molecule has 0 unspecified atom stereocenters. The van der Waals surface area contributed by atoms with Crippen LogP contribution in [0.5, 0.6) is 0 Å². The number of benzene rings is 2. The standard InChI is InChI=1S/C31H32FN5O/c1-21(38)18-36-11-9-25(10-12-36)23-5-7-24(8-6-23)26-14-29-30(17-34-31(29)33-15-26)27-16-35-37(20-27)19-22-3-2-4-28(32)13-22/h2-8,13-17,20-21,25,38H,9-12,18-19H2,1H3,(H,33,34)/t21-/m0/s1. The number of fused-ring (bicyclic) bond motifs is 1. The lowest BCUT2D eigenvalue weighted by Crippen LogP contribution is -2.37. The minimum Gasteiger partial charge on any atom is -0.392 e. The summed E-state index contributed by atoms with van der Waals surface area (Å²) in [5, 5.41) is 15.2. The van der Waals surface area contributed by atoms with Gasteiger partial charge in [-0.15, -0.1) is 0 Å². The molecular formula is C31H32FN5O. The molecule has 1 fully saturated rings. The molecule has 0 aliphatic carbocycles. The number of aromatic nitrogens is 4. The van der Waals surface area contributed by atoms with Gasteiger partial charge in [0, 0.05) is 47.2 Å². The SMILES string of the molecule is C[C@H](O)CN1CCC(c2ccc(-c3cnc4[nH]cc(-c5cnn(Cc6cccc(F)c6)c5)c4c3)cc2)CC1. The Morgan fingerprint density at radius 1 is 1.03 bits per heavy atom. The lowest BCUT2D eigenvalue weighted by atomic mass is 9.88. The number of β-amino-alcohol motifs (C(OH)–C–C–N with tert-alkyl or cyclic N) is 1. The predicted molar refractivity (Wildman–Crippen MR) is 148 cm³/mol. The highest BCUT2D eigenvalue weighted by Crippen LogP contribution is 2.33. The molecule has 4 heterocycles. The van der Waals surface area contributed by atoms with Crippen molar-refractivity contribution >= 4 is 11.0 Å². The Morgan fingerprint density at radius 3 is 2.61 bits per heavy atom. The highest BCUT2D eigenvalue weighted by Gasteiger charge is 2.21. The van der Waals surface area contributed by atoms with Crippen LogP contribution in [-0.2, 0) is 6.54 Å². The summed E-state index contributed by atoms with van der Waals surface area (Å²) in [6.07, 6.45) is 9.70. The van der Waals surface area contributed by atoms with Crippen LogP contribution in [-0.4, -0.2) is 55.5 Å². The lowest BCUT2D eigenvalue weighted by Gasteiger charge is -2.32. The van der Waals surface area contributed by atoms with E-state index in [0.717, 1.165) is 71.3 Å². The summed E-state index contributed by atoms with van der Waals surface area (Å²) >= 11 is 0. The molecule has 194 valence electrons. The van der Waals surface area contributed by atoms with E-state index in [-0.39, 0.29) is 11.9 Å². The minimum absolute atomic E-state index is 0.240. The number of aromatic amines is 1. The summed E-state index contributed by atoms with van der Waals surface area (Å²) in [6, 6.07) is 17.7. The van der Waals surface area contributed by atoms with E-state index < -0.39 is 0 Å². The van der Waals surface area contributed by atoms with Crippen LogP contribution >= 0.6 is 0 Å². The monoisotopic (exact) mass is 509 g/mol. The molecular weight excluding hydrogens is 477 g/mol.